The molecule has 1 saturated heterocycles. The second-order valence-corrected chi connectivity index (χ2v) is 6.74. The van der Waals surface area contributed by atoms with Crippen molar-refractivity contribution in [1.29, 1.82) is 0 Å². The van der Waals surface area contributed by atoms with Crippen molar-refractivity contribution in [2.75, 3.05) is 13.1 Å². The number of hydrogen-bond donors (Lipinski definition) is 0. The number of aromatic nitrogens is 3. The Morgan fingerprint density at radius 2 is 2.08 bits per heavy atom. The Morgan fingerprint density at radius 1 is 1.21 bits per heavy atom. The predicted molar refractivity (Wildman–Crippen MR) is 87.8 cm³/mol. The molecule has 1 unspecified atom stereocenters. The van der Waals surface area contributed by atoms with Gasteiger partial charge in [-0.1, -0.05) is 23.4 Å². The fourth-order valence-corrected chi connectivity index (χ4v) is 3.42. The molecule has 1 amide bonds. The third-order valence-electron chi connectivity index (χ3n) is 4.98. The number of carbonyl (C=O) groups excluding carboxylic acids is 1. The average molecular weight is 322 g/mol. The Labute approximate surface area is 139 Å². The minimum atomic E-state index is -0.0452. The van der Waals surface area contributed by atoms with E-state index in [1.165, 1.54) is 12.8 Å². The van der Waals surface area contributed by atoms with Gasteiger partial charge in [-0.15, -0.1) is 5.10 Å². The van der Waals surface area contributed by atoms with E-state index in [1.807, 2.05) is 39.9 Å². The summed E-state index contributed by atoms with van der Waals surface area (Å²) in [5, 5.41) is 9.50. The highest BCUT2D eigenvalue weighted by molar-refractivity contribution is 5.96. The lowest BCUT2D eigenvalue weighted by atomic mass is 10.2. The van der Waals surface area contributed by atoms with Gasteiger partial charge in [0.1, 0.15) is 5.58 Å². The van der Waals surface area contributed by atoms with Gasteiger partial charge in [0.05, 0.1) is 11.7 Å². The van der Waals surface area contributed by atoms with Crippen molar-refractivity contribution in [1.82, 2.24) is 19.9 Å². The molecule has 1 aromatic carbocycles. The van der Waals surface area contributed by atoms with Gasteiger partial charge < -0.3 is 9.32 Å². The number of para-hydroxylation sites is 1. The number of amides is 1. The minimum absolute atomic E-state index is 0.0452. The van der Waals surface area contributed by atoms with Crippen molar-refractivity contribution in [2.24, 2.45) is 0 Å². The second-order valence-electron chi connectivity index (χ2n) is 6.74. The third kappa shape index (κ3) is 2.29. The summed E-state index contributed by atoms with van der Waals surface area (Å²) in [6, 6.07) is 9.73. The lowest BCUT2D eigenvalue weighted by molar-refractivity contribution is 0.0757. The van der Waals surface area contributed by atoms with Crippen LogP contribution in [0.2, 0.25) is 0 Å². The summed E-state index contributed by atoms with van der Waals surface area (Å²) in [6.45, 7) is 1.38. The van der Waals surface area contributed by atoms with Gasteiger partial charge in [-0.2, -0.15) is 0 Å². The van der Waals surface area contributed by atoms with Gasteiger partial charge in [0, 0.05) is 30.6 Å². The highest BCUT2D eigenvalue weighted by Gasteiger charge is 2.32. The summed E-state index contributed by atoms with van der Waals surface area (Å²) in [4.78, 5) is 14.6. The molecular weight excluding hydrogens is 304 g/mol. The predicted octanol–water partition coefficient (Wildman–Crippen LogP) is 2.99. The molecule has 24 heavy (non-hydrogen) atoms. The maximum atomic E-state index is 12.7. The van der Waals surface area contributed by atoms with Crippen molar-refractivity contribution < 1.29 is 9.21 Å². The number of furan rings is 1. The number of nitrogens with zero attached hydrogens (tertiary/aromatic N) is 4. The number of hydrogen-bond acceptors (Lipinski definition) is 4. The molecule has 122 valence electrons. The van der Waals surface area contributed by atoms with Crippen LogP contribution in [0, 0.1) is 0 Å². The maximum absolute atomic E-state index is 12.7. The number of carbonyl (C=O) groups is 1. The van der Waals surface area contributed by atoms with Crippen LogP contribution in [0.15, 0.2) is 40.9 Å². The first-order valence-electron chi connectivity index (χ1n) is 8.47. The van der Waals surface area contributed by atoms with Crippen LogP contribution < -0.4 is 0 Å². The van der Waals surface area contributed by atoms with Crippen molar-refractivity contribution in [3.05, 3.63) is 48.0 Å². The number of rotatable bonds is 3. The Bertz CT molecular complexity index is 876. The molecule has 5 rings (SSSR count). The molecule has 0 radical (unpaired) electrons. The van der Waals surface area contributed by atoms with Gasteiger partial charge >= 0.3 is 0 Å². The summed E-state index contributed by atoms with van der Waals surface area (Å²) in [5.41, 5.74) is 1.85. The molecule has 1 atom stereocenters. The van der Waals surface area contributed by atoms with Crippen LogP contribution in [0.4, 0.5) is 0 Å². The third-order valence-corrected chi connectivity index (χ3v) is 4.98. The molecule has 2 aliphatic rings. The number of benzene rings is 1. The molecule has 0 bridgehead atoms. The van der Waals surface area contributed by atoms with Crippen LogP contribution in [0.25, 0.3) is 11.0 Å². The van der Waals surface area contributed by atoms with E-state index in [9.17, 15) is 4.79 Å². The Hall–Kier alpha value is -2.63. The van der Waals surface area contributed by atoms with Crippen LogP contribution in [-0.4, -0.2) is 38.9 Å². The molecule has 2 fully saturated rings. The van der Waals surface area contributed by atoms with Crippen molar-refractivity contribution >= 4 is 16.9 Å². The summed E-state index contributed by atoms with van der Waals surface area (Å²) in [7, 11) is 0. The number of likely N-dealkylation sites (tertiary alicyclic amines) is 1. The topological polar surface area (TPSA) is 64.2 Å². The van der Waals surface area contributed by atoms with Gasteiger partial charge in [0.15, 0.2) is 5.76 Å². The standard InChI is InChI=1S/C18H18N4O2/c23-18(17-9-13-3-1-2-4-16(13)24-17)21-8-7-14(10-21)22-11-15(19-20-22)12-5-6-12/h1-4,9,11-12,14H,5-8,10H2. The van der Waals surface area contributed by atoms with E-state index in [1.54, 1.807) is 0 Å². The van der Waals surface area contributed by atoms with Crippen LogP contribution in [-0.2, 0) is 0 Å². The molecule has 2 aromatic heterocycles. The first-order valence-corrected chi connectivity index (χ1v) is 8.47. The zero-order valence-electron chi connectivity index (χ0n) is 13.3. The average Bonchev–Trinajstić information content (AvgIpc) is 3.07. The van der Waals surface area contributed by atoms with Crippen molar-refractivity contribution in [3.8, 4) is 0 Å². The largest absolute Gasteiger partial charge is 0.451 e. The quantitative estimate of drug-likeness (QED) is 0.743. The first-order chi connectivity index (χ1) is 11.8. The molecule has 6 nitrogen and oxygen atoms in total. The van der Waals surface area contributed by atoms with Gasteiger partial charge in [-0.25, -0.2) is 4.68 Å². The molecular formula is C18H18N4O2. The molecule has 1 aliphatic carbocycles. The van der Waals surface area contributed by atoms with E-state index >= 15 is 0 Å². The van der Waals surface area contributed by atoms with Crippen molar-refractivity contribution in [2.45, 2.75) is 31.2 Å². The van der Waals surface area contributed by atoms with Gasteiger partial charge in [0.2, 0.25) is 0 Å². The zero-order chi connectivity index (χ0) is 16.1. The van der Waals surface area contributed by atoms with E-state index in [0.29, 0.717) is 18.2 Å². The summed E-state index contributed by atoms with van der Waals surface area (Å²) < 4.78 is 7.63. The highest BCUT2D eigenvalue weighted by Crippen LogP contribution is 2.39. The zero-order valence-corrected chi connectivity index (χ0v) is 13.3. The molecule has 6 heteroatoms. The van der Waals surface area contributed by atoms with Crippen LogP contribution in [0.1, 0.15) is 47.5 Å². The Balaban J connectivity index is 1.33. The van der Waals surface area contributed by atoms with Crippen molar-refractivity contribution in [3.63, 3.8) is 0 Å². The monoisotopic (exact) mass is 322 g/mol. The van der Waals surface area contributed by atoms with E-state index in [0.717, 1.165) is 29.6 Å². The Morgan fingerprint density at radius 3 is 2.92 bits per heavy atom. The lowest BCUT2D eigenvalue weighted by Crippen LogP contribution is -2.28. The van der Waals surface area contributed by atoms with E-state index in [2.05, 4.69) is 16.5 Å². The highest BCUT2D eigenvalue weighted by atomic mass is 16.3. The minimum Gasteiger partial charge on any atom is -0.451 e. The maximum Gasteiger partial charge on any atom is 0.289 e. The summed E-state index contributed by atoms with van der Waals surface area (Å²) in [6.07, 6.45) is 5.40. The molecule has 1 aliphatic heterocycles. The second kappa shape index (κ2) is 5.19. The summed E-state index contributed by atoms with van der Waals surface area (Å²) in [5.74, 6) is 0.971. The van der Waals surface area contributed by atoms with Gasteiger partial charge in [0.25, 0.3) is 5.91 Å². The molecule has 0 N–H and O–H groups in total. The van der Waals surface area contributed by atoms with E-state index in [-0.39, 0.29) is 11.9 Å². The first kappa shape index (κ1) is 13.8. The fourth-order valence-electron chi connectivity index (χ4n) is 3.42. The smallest absolute Gasteiger partial charge is 0.289 e. The lowest BCUT2D eigenvalue weighted by Gasteiger charge is -2.14. The molecule has 1 saturated carbocycles. The van der Waals surface area contributed by atoms with Crippen LogP contribution >= 0.6 is 0 Å². The van der Waals surface area contributed by atoms with Gasteiger partial charge in [-0.05, 0) is 31.4 Å². The number of fused-ring (bicyclic) bond motifs is 1. The fraction of sp³-hybridized carbons (Fsp3) is 0.389. The van der Waals surface area contributed by atoms with Gasteiger partial charge in [-0.3, -0.25) is 4.79 Å². The molecule has 0 spiro atoms. The Kier molecular flexibility index (Phi) is 2.98. The van der Waals surface area contributed by atoms with E-state index in [4.69, 9.17) is 4.42 Å². The van der Waals surface area contributed by atoms with Crippen LogP contribution in [0.3, 0.4) is 0 Å². The molecule has 3 aromatic rings. The van der Waals surface area contributed by atoms with E-state index < -0.39 is 0 Å². The molecule has 3 heterocycles. The SMILES string of the molecule is O=C(c1cc2ccccc2o1)N1CCC(n2cc(C3CC3)nn2)C1. The normalized spacial score (nSPS) is 20.8. The summed E-state index contributed by atoms with van der Waals surface area (Å²) >= 11 is 0. The van der Waals surface area contributed by atoms with Crippen LogP contribution in [0.5, 0.6) is 0 Å².